The van der Waals surface area contributed by atoms with Crippen LogP contribution in [0.15, 0.2) is 18.2 Å². The minimum absolute atomic E-state index is 0.0218. The number of rotatable bonds is 3. The van der Waals surface area contributed by atoms with E-state index in [1.807, 2.05) is 0 Å². The van der Waals surface area contributed by atoms with Gasteiger partial charge in [0.15, 0.2) is 5.82 Å². The van der Waals surface area contributed by atoms with Gasteiger partial charge in [-0.15, -0.1) is 0 Å². The summed E-state index contributed by atoms with van der Waals surface area (Å²) in [5.74, 6) is -0.806. The molecular formula is C13H13F2N3O2S2. The Morgan fingerprint density at radius 1 is 1.14 bits per heavy atom. The highest BCUT2D eigenvalue weighted by Gasteiger charge is 2.24. The Bertz CT molecular complexity index is 758. The van der Waals surface area contributed by atoms with Crippen molar-refractivity contribution in [1.82, 2.24) is 9.36 Å². The van der Waals surface area contributed by atoms with Crippen molar-refractivity contribution >= 4 is 26.5 Å². The van der Waals surface area contributed by atoms with Gasteiger partial charge in [0, 0.05) is 29.2 Å². The molecule has 1 N–H and O–H groups in total. The van der Waals surface area contributed by atoms with Gasteiger partial charge in [-0.05, 0) is 25.0 Å². The Hall–Kier alpha value is -1.61. The molecular weight excluding hydrogens is 332 g/mol. The molecule has 0 saturated carbocycles. The van der Waals surface area contributed by atoms with Crippen molar-refractivity contribution in [3.8, 4) is 11.4 Å². The second-order valence-electron chi connectivity index (χ2n) is 5.15. The topological polar surface area (TPSA) is 72.0 Å². The summed E-state index contributed by atoms with van der Waals surface area (Å²) in [6, 6.07) is 3.15. The smallest absolute Gasteiger partial charge is 0.203 e. The minimum Gasteiger partial charge on any atom is -0.357 e. The molecule has 0 aliphatic carbocycles. The molecule has 1 aliphatic rings. The lowest BCUT2D eigenvalue weighted by Gasteiger charge is -2.22. The number of sulfone groups is 1. The largest absolute Gasteiger partial charge is 0.357 e. The lowest BCUT2D eigenvalue weighted by atomic mass is 10.2. The van der Waals surface area contributed by atoms with Crippen LogP contribution in [-0.4, -0.2) is 35.3 Å². The van der Waals surface area contributed by atoms with Gasteiger partial charge in [0.05, 0.1) is 11.5 Å². The summed E-state index contributed by atoms with van der Waals surface area (Å²) >= 11 is 1.08. The van der Waals surface area contributed by atoms with E-state index in [9.17, 15) is 17.2 Å². The van der Waals surface area contributed by atoms with E-state index >= 15 is 0 Å². The van der Waals surface area contributed by atoms with Gasteiger partial charge < -0.3 is 5.32 Å². The van der Waals surface area contributed by atoms with Crippen molar-refractivity contribution in [2.24, 2.45) is 0 Å². The Kier molecular flexibility index (Phi) is 4.09. The first kappa shape index (κ1) is 15.3. The van der Waals surface area contributed by atoms with Gasteiger partial charge in [-0.1, -0.05) is 0 Å². The maximum atomic E-state index is 13.2. The van der Waals surface area contributed by atoms with Crippen LogP contribution in [0.5, 0.6) is 0 Å². The number of nitrogens with zero attached hydrogens (tertiary/aromatic N) is 2. The van der Waals surface area contributed by atoms with Crippen LogP contribution in [0.4, 0.5) is 13.9 Å². The van der Waals surface area contributed by atoms with Crippen LogP contribution in [-0.2, 0) is 9.84 Å². The molecule has 0 bridgehead atoms. The zero-order valence-electron chi connectivity index (χ0n) is 11.4. The molecule has 2 aromatic rings. The second-order valence-corrected chi connectivity index (χ2v) is 8.21. The van der Waals surface area contributed by atoms with E-state index in [4.69, 9.17) is 0 Å². The standard InChI is InChI=1S/C13H13F2N3O2S2/c14-9-5-8(6-10(15)7-9)12-17-13(21-18-12)16-11-1-3-22(19,20)4-2-11/h5-7,11H,1-4H2,(H,16,17,18). The summed E-state index contributed by atoms with van der Waals surface area (Å²) in [5.41, 5.74) is 0.271. The van der Waals surface area contributed by atoms with Crippen LogP contribution in [0.1, 0.15) is 12.8 Å². The van der Waals surface area contributed by atoms with Crippen molar-refractivity contribution in [2.75, 3.05) is 16.8 Å². The monoisotopic (exact) mass is 345 g/mol. The van der Waals surface area contributed by atoms with Crippen LogP contribution in [0.3, 0.4) is 0 Å². The molecule has 1 saturated heterocycles. The van der Waals surface area contributed by atoms with E-state index in [1.54, 1.807) is 0 Å². The third kappa shape index (κ3) is 3.58. The average Bonchev–Trinajstić information content (AvgIpc) is 2.89. The fraction of sp³-hybridized carbons (Fsp3) is 0.385. The first-order chi connectivity index (χ1) is 10.4. The molecule has 1 fully saturated rings. The van der Waals surface area contributed by atoms with Crippen LogP contribution >= 0.6 is 11.5 Å². The Morgan fingerprint density at radius 2 is 1.77 bits per heavy atom. The first-order valence-corrected chi connectivity index (χ1v) is 9.28. The SMILES string of the molecule is O=S1(=O)CCC(Nc2nc(-c3cc(F)cc(F)c3)ns2)CC1. The van der Waals surface area contributed by atoms with Crippen LogP contribution in [0.2, 0.25) is 0 Å². The number of benzene rings is 1. The summed E-state index contributed by atoms with van der Waals surface area (Å²) < 4.78 is 53.2. The Morgan fingerprint density at radius 3 is 2.41 bits per heavy atom. The molecule has 22 heavy (non-hydrogen) atoms. The van der Waals surface area contributed by atoms with E-state index in [2.05, 4.69) is 14.7 Å². The number of hydrogen-bond donors (Lipinski definition) is 1. The number of hydrogen-bond acceptors (Lipinski definition) is 6. The lowest BCUT2D eigenvalue weighted by molar-refractivity contribution is 0.559. The van der Waals surface area contributed by atoms with Crippen molar-refractivity contribution in [1.29, 1.82) is 0 Å². The molecule has 1 aromatic heterocycles. The number of nitrogens with one attached hydrogen (secondary N) is 1. The van der Waals surface area contributed by atoms with E-state index in [-0.39, 0.29) is 28.9 Å². The lowest BCUT2D eigenvalue weighted by Crippen LogP contribution is -2.32. The summed E-state index contributed by atoms with van der Waals surface area (Å²) in [7, 11) is -2.91. The second kappa shape index (κ2) is 5.88. The van der Waals surface area contributed by atoms with Gasteiger partial charge in [0.25, 0.3) is 0 Å². The van der Waals surface area contributed by atoms with Crippen molar-refractivity contribution in [3.63, 3.8) is 0 Å². The van der Waals surface area contributed by atoms with Gasteiger partial charge in [-0.2, -0.15) is 9.36 Å². The normalized spacial score (nSPS) is 18.3. The molecule has 0 amide bonds. The molecule has 0 atom stereocenters. The van der Waals surface area contributed by atoms with Gasteiger partial charge in [-0.3, -0.25) is 0 Å². The third-order valence-electron chi connectivity index (χ3n) is 3.43. The molecule has 5 nitrogen and oxygen atoms in total. The predicted molar refractivity (Wildman–Crippen MR) is 80.6 cm³/mol. The maximum Gasteiger partial charge on any atom is 0.203 e. The van der Waals surface area contributed by atoms with Crippen molar-refractivity contribution < 1.29 is 17.2 Å². The number of aromatic nitrogens is 2. The summed E-state index contributed by atoms with van der Waals surface area (Å²) in [4.78, 5) is 4.21. The zero-order chi connectivity index (χ0) is 15.7. The highest BCUT2D eigenvalue weighted by atomic mass is 32.2. The van der Waals surface area contributed by atoms with E-state index in [0.29, 0.717) is 18.0 Å². The molecule has 0 unspecified atom stereocenters. The predicted octanol–water partition coefficient (Wildman–Crippen LogP) is 2.47. The Labute approximate surface area is 130 Å². The first-order valence-electron chi connectivity index (χ1n) is 6.68. The highest BCUT2D eigenvalue weighted by molar-refractivity contribution is 7.91. The summed E-state index contributed by atoms with van der Waals surface area (Å²) in [5, 5.41) is 3.65. The molecule has 2 heterocycles. The molecule has 118 valence electrons. The number of halogens is 2. The zero-order valence-corrected chi connectivity index (χ0v) is 13.1. The molecule has 1 aliphatic heterocycles. The molecule has 1 aromatic carbocycles. The molecule has 0 radical (unpaired) electrons. The van der Waals surface area contributed by atoms with Gasteiger partial charge in [0.2, 0.25) is 5.13 Å². The highest BCUT2D eigenvalue weighted by Crippen LogP contribution is 2.25. The third-order valence-corrected chi connectivity index (χ3v) is 5.79. The quantitative estimate of drug-likeness (QED) is 0.925. The van der Waals surface area contributed by atoms with Crippen LogP contribution in [0.25, 0.3) is 11.4 Å². The van der Waals surface area contributed by atoms with Gasteiger partial charge in [-0.25, -0.2) is 17.2 Å². The van der Waals surface area contributed by atoms with Crippen molar-refractivity contribution in [2.45, 2.75) is 18.9 Å². The van der Waals surface area contributed by atoms with E-state index < -0.39 is 21.5 Å². The van der Waals surface area contributed by atoms with Gasteiger partial charge >= 0.3 is 0 Å². The van der Waals surface area contributed by atoms with E-state index in [0.717, 1.165) is 17.6 Å². The molecule has 9 heteroatoms. The van der Waals surface area contributed by atoms with Crippen LogP contribution in [0, 0.1) is 11.6 Å². The molecule has 0 spiro atoms. The summed E-state index contributed by atoms with van der Waals surface area (Å²) in [6.07, 6.45) is 1.04. The number of anilines is 1. The minimum atomic E-state index is -2.91. The van der Waals surface area contributed by atoms with Crippen molar-refractivity contribution in [3.05, 3.63) is 29.8 Å². The summed E-state index contributed by atoms with van der Waals surface area (Å²) in [6.45, 7) is 0. The fourth-order valence-electron chi connectivity index (χ4n) is 2.29. The maximum absolute atomic E-state index is 13.2. The fourth-order valence-corrected chi connectivity index (χ4v) is 4.45. The van der Waals surface area contributed by atoms with Gasteiger partial charge in [0.1, 0.15) is 21.5 Å². The Balaban J connectivity index is 1.71. The average molecular weight is 345 g/mol. The van der Waals surface area contributed by atoms with Crippen LogP contribution < -0.4 is 5.32 Å². The van der Waals surface area contributed by atoms with E-state index in [1.165, 1.54) is 12.1 Å². The molecule has 3 rings (SSSR count).